The van der Waals surface area contributed by atoms with Gasteiger partial charge in [-0.25, -0.2) is 4.79 Å². The number of methoxy groups -OCH3 is 3. The molecule has 0 spiro atoms. The van der Waals surface area contributed by atoms with E-state index in [1.54, 1.807) is 26.2 Å². The molecular formula is C38H51NO10. The number of para-hydroxylation sites is 1. The number of carbonyl (C=O) groups is 1. The fraction of sp³-hybridized carbons (Fsp3) is 0.500. The van der Waals surface area contributed by atoms with Crippen LogP contribution in [0.25, 0.3) is 0 Å². The summed E-state index contributed by atoms with van der Waals surface area (Å²) in [6, 6.07) is 21.7. The molecule has 1 saturated heterocycles. The number of piperidine rings is 1. The molecule has 3 aromatic rings. The van der Waals surface area contributed by atoms with Gasteiger partial charge >= 0.3 is 6.09 Å². The second kappa shape index (κ2) is 21.1. The molecule has 1 unspecified atom stereocenters. The van der Waals surface area contributed by atoms with Crippen molar-refractivity contribution in [2.45, 2.75) is 50.9 Å². The van der Waals surface area contributed by atoms with Crippen molar-refractivity contribution in [2.75, 3.05) is 74.1 Å². The Bertz CT molecular complexity index is 1390. The van der Waals surface area contributed by atoms with Gasteiger partial charge in [-0.2, -0.15) is 0 Å². The molecule has 1 aliphatic rings. The smallest absolute Gasteiger partial charge is 0.409 e. The Morgan fingerprint density at radius 2 is 1.55 bits per heavy atom. The van der Waals surface area contributed by atoms with E-state index in [9.17, 15) is 4.79 Å². The minimum absolute atomic E-state index is 0.0307. The Kier molecular flexibility index (Phi) is 16.3. The summed E-state index contributed by atoms with van der Waals surface area (Å²) in [6.45, 7) is 4.10. The maximum Gasteiger partial charge on any atom is 0.409 e. The predicted molar refractivity (Wildman–Crippen MR) is 185 cm³/mol. The number of carbonyl (C=O) groups excluding carboxylic acids is 1. The summed E-state index contributed by atoms with van der Waals surface area (Å²) in [5, 5.41) is 9.09. The van der Waals surface area contributed by atoms with Gasteiger partial charge in [-0.15, -0.1) is 0 Å². The van der Waals surface area contributed by atoms with Crippen molar-refractivity contribution >= 4 is 6.09 Å². The number of rotatable bonds is 21. The first-order valence-corrected chi connectivity index (χ1v) is 16.9. The van der Waals surface area contributed by atoms with Crippen molar-refractivity contribution in [3.05, 3.63) is 83.4 Å². The number of likely N-dealkylation sites (tertiary alicyclic amines) is 1. The highest BCUT2D eigenvalue weighted by Gasteiger charge is 2.34. The summed E-state index contributed by atoms with van der Waals surface area (Å²) in [7, 11) is 4.95. The van der Waals surface area contributed by atoms with Crippen LogP contribution < -0.4 is 18.9 Å². The summed E-state index contributed by atoms with van der Waals surface area (Å²) >= 11 is 0. The number of ether oxygens (including phenoxy) is 8. The molecule has 49 heavy (non-hydrogen) atoms. The topological polar surface area (TPSA) is 114 Å². The average Bonchev–Trinajstić information content (AvgIpc) is 3.14. The molecule has 4 rings (SSSR count). The molecule has 3 aromatic carbocycles. The lowest BCUT2D eigenvalue weighted by molar-refractivity contribution is -0.0242. The maximum atomic E-state index is 12.8. The second-order valence-electron chi connectivity index (χ2n) is 11.7. The van der Waals surface area contributed by atoms with Gasteiger partial charge in [0.2, 0.25) is 0 Å². The van der Waals surface area contributed by atoms with Gasteiger partial charge < -0.3 is 47.9 Å². The zero-order valence-corrected chi connectivity index (χ0v) is 29.0. The Balaban J connectivity index is 1.34. The van der Waals surface area contributed by atoms with E-state index in [-0.39, 0.29) is 25.2 Å². The molecule has 2 atom stereocenters. The lowest BCUT2D eigenvalue weighted by Gasteiger charge is -2.38. The molecule has 0 aromatic heterocycles. The van der Waals surface area contributed by atoms with Crippen LogP contribution in [0, 0.1) is 0 Å². The second-order valence-corrected chi connectivity index (χ2v) is 11.7. The fourth-order valence-corrected chi connectivity index (χ4v) is 5.63. The zero-order valence-electron chi connectivity index (χ0n) is 29.0. The SMILES string of the molecule is COCCCOc1cc(COC2CN(C(=O)OCCCO)CC[C@@H]2c2ccc(OCCCOCc3ccccc3OC)cc2)cc(OC)c1. The van der Waals surface area contributed by atoms with Gasteiger partial charge in [0.15, 0.2) is 0 Å². The fourth-order valence-electron chi connectivity index (χ4n) is 5.63. The minimum Gasteiger partial charge on any atom is -0.497 e. The third-order valence-electron chi connectivity index (χ3n) is 8.21. The molecule has 0 saturated carbocycles. The van der Waals surface area contributed by atoms with E-state index < -0.39 is 6.09 Å². The molecule has 0 radical (unpaired) electrons. The van der Waals surface area contributed by atoms with E-state index in [2.05, 4.69) is 12.1 Å². The molecule has 0 aliphatic carbocycles. The first-order chi connectivity index (χ1) is 24.0. The van der Waals surface area contributed by atoms with Crippen LogP contribution in [0.4, 0.5) is 4.79 Å². The van der Waals surface area contributed by atoms with Gasteiger partial charge in [0.1, 0.15) is 23.0 Å². The summed E-state index contributed by atoms with van der Waals surface area (Å²) < 4.78 is 45.7. The van der Waals surface area contributed by atoms with Crippen molar-refractivity contribution in [1.82, 2.24) is 4.90 Å². The van der Waals surface area contributed by atoms with E-state index in [1.165, 1.54) is 0 Å². The number of hydrogen-bond donors (Lipinski definition) is 1. The van der Waals surface area contributed by atoms with Crippen LogP contribution in [-0.2, 0) is 32.2 Å². The lowest BCUT2D eigenvalue weighted by atomic mass is 9.87. The van der Waals surface area contributed by atoms with E-state index in [1.807, 2.05) is 54.6 Å². The van der Waals surface area contributed by atoms with Crippen LogP contribution in [0.1, 0.15) is 48.3 Å². The Morgan fingerprint density at radius 1 is 0.796 bits per heavy atom. The molecule has 0 bridgehead atoms. The van der Waals surface area contributed by atoms with Crippen molar-refractivity contribution in [2.24, 2.45) is 0 Å². The number of hydrogen-bond acceptors (Lipinski definition) is 10. The Morgan fingerprint density at radius 3 is 2.31 bits per heavy atom. The zero-order chi connectivity index (χ0) is 34.7. The minimum atomic E-state index is -0.399. The monoisotopic (exact) mass is 681 g/mol. The van der Waals surface area contributed by atoms with Crippen LogP contribution in [-0.4, -0.2) is 96.3 Å². The predicted octanol–water partition coefficient (Wildman–Crippen LogP) is 6.00. The maximum absolute atomic E-state index is 12.8. The largest absolute Gasteiger partial charge is 0.497 e. The van der Waals surface area contributed by atoms with Gasteiger partial charge in [-0.1, -0.05) is 30.3 Å². The molecule has 11 nitrogen and oxygen atoms in total. The molecule has 268 valence electrons. The Labute approximate surface area is 289 Å². The van der Waals surface area contributed by atoms with E-state index in [4.69, 9.17) is 43.0 Å². The number of amides is 1. The first kappa shape index (κ1) is 37.8. The third kappa shape index (κ3) is 12.4. The molecule has 1 N–H and O–H groups in total. The van der Waals surface area contributed by atoms with Gasteiger partial charge in [-0.05, 0) is 47.9 Å². The van der Waals surface area contributed by atoms with Crippen molar-refractivity contribution in [3.63, 3.8) is 0 Å². The summed E-state index contributed by atoms with van der Waals surface area (Å²) in [5.41, 5.74) is 3.03. The van der Waals surface area contributed by atoms with Crippen LogP contribution in [0.15, 0.2) is 66.7 Å². The van der Waals surface area contributed by atoms with Crippen molar-refractivity contribution in [1.29, 1.82) is 0 Å². The highest BCUT2D eigenvalue weighted by atomic mass is 16.6. The third-order valence-corrected chi connectivity index (χ3v) is 8.21. The van der Waals surface area contributed by atoms with Gasteiger partial charge in [0, 0.05) is 63.7 Å². The molecular weight excluding hydrogens is 630 g/mol. The highest BCUT2D eigenvalue weighted by Crippen LogP contribution is 2.33. The molecule has 1 aliphatic heterocycles. The summed E-state index contributed by atoms with van der Waals surface area (Å²) in [4.78, 5) is 14.5. The molecule has 1 heterocycles. The van der Waals surface area contributed by atoms with Crippen LogP contribution in [0.3, 0.4) is 0 Å². The van der Waals surface area contributed by atoms with E-state index >= 15 is 0 Å². The molecule has 1 amide bonds. The van der Waals surface area contributed by atoms with Crippen LogP contribution >= 0.6 is 0 Å². The van der Waals surface area contributed by atoms with E-state index in [0.717, 1.165) is 41.0 Å². The van der Waals surface area contributed by atoms with E-state index in [0.29, 0.717) is 77.1 Å². The van der Waals surface area contributed by atoms with Crippen molar-refractivity contribution < 1.29 is 47.8 Å². The number of aliphatic hydroxyl groups is 1. The van der Waals surface area contributed by atoms with Crippen molar-refractivity contribution in [3.8, 4) is 23.0 Å². The highest BCUT2D eigenvalue weighted by molar-refractivity contribution is 5.67. The number of nitrogens with zero attached hydrogens (tertiary/aromatic N) is 1. The van der Waals surface area contributed by atoms with Crippen LogP contribution in [0.5, 0.6) is 23.0 Å². The summed E-state index contributed by atoms with van der Waals surface area (Å²) in [5.74, 6) is 3.03. The quantitative estimate of drug-likeness (QED) is 0.134. The standard InChI is InChI=1S/C38H51NO10/c1-42-18-7-21-47-34-24-29(23-33(25-34)43-2)27-49-37-26-39(38(41)48-20-6-17-40)16-15-35(37)30-11-13-32(14-12-30)46-22-8-19-45-28-31-9-4-5-10-36(31)44-3/h4-5,9-14,23-25,35,37,40H,6-8,15-22,26-28H2,1-3H3/t35-,37?/m1/s1. The summed E-state index contributed by atoms with van der Waals surface area (Å²) in [6.07, 6.45) is 1.95. The molecule has 1 fully saturated rings. The normalized spacial score (nSPS) is 15.9. The van der Waals surface area contributed by atoms with Gasteiger partial charge in [0.05, 0.1) is 66.5 Å². The van der Waals surface area contributed by atoms with Gasteiger partial charge in [-0.3, -0.25) is 0 Å². The molecule has 11 heteroatoms. The van der Waals surface area contributed by atoms with Gasteiger partial charge in [0.25, 0.3) is 0 Å². The average molecular weight is 682 g/mol. The number of aliphatic hydroxyl groups excluding tert-OH is 1. The Hall–Kier alpha value is -4.03. The van der Waals surface area contributed by atoms with Crippen LogP contribution in [0.2, 0.25) is 0 Å². The number of benzene rings is 3. The lowest BCUT2D eigenvalue weighted by Crippen LogP contribution is -2.47. The first-order valence-electron chi connectivity index (χ1n) is 16.9.